The minimum absolute atomic E-state index is 0.0654. The second-order valence-electron chi connectivity index (χ2n) is 6.65. The number of carbonyl (C=O) groups is 1. The fourth-order valence-electron chi connectivity index (χ4n) is 2.33. The number of imidazole rings is 1. The summed E-state index contributed by atoms with van der Waals surface area (Å²) in [5.41, 5.74) is 9.01. The van der Waals surface area contributed by atoms with E-state index < -0.39 is 0 Å². The van der Waals surface area contributed by atoms with E-state index in [1.807, 2.05) is 0 Å². The van der Waals surface area contributed by atoms with Crippen LogP contribution in [0.5, 0.6) is 0 Å². The van der Waals surface area contributed by atoms with Gasteiger partial charge in [0.2, 0.25) is 5.91 Å². The van der Waals surface area contributed by atoms with E-state index in [1.165, 1.54) is 11.1 Å². The standard InChI is InChI=1S/C18H25N3O/c1-18(2,3)15-7-4-14(5-8-15)6-9-17(22)21-12-16(10-11-19)20-13-21/h4-5,7-8,12-13H,6,9-11,19H2,1-3H3. The van der Waals surface area contributed by atoms with Crippen LogP contribution >= 0.6 is 0 Å². The Labute approximate surface area is 132 Å². The maximum atomic E-state index is 12.2. The van der Waals surface area contributed by atoms with Gasteiger partial charge in [-0.2, -0.15) is 0 Å². The first-order chi connectivity index (χ1) is 10.4. The average molecular weight is 299 g/mol. The molecule has 0 spiro atoms. The van der Waals surface area contributed by atoms with E-state index in [9.17, 15) is 4.79 Å². The third kappa shape index (κ3) is 4.28. The van der Waals surface area contributed by atoms with Crippen LogP contribution in [-0.2, 0) is 18.3 Å². The number of hydrogen-bond acceptors (Lipinski definition) is 3. The topological polar surface area (TPSA) is 60.9 Å². The number of nitrogens with zero attached hydrogens (tertiary/aromatic N) is 2. The predicted octanol–water partition coefficient (Wildman–Crippen LogP) is 2.95. The van der Waals surface area contributed by atoms with E-state index in [2.05, 4.69) is 50.0 Å². The summed E-state index contributed by atoms with van der Waals surface area (Å²) < 4.78 is 1.56. The van der Waals surface area contributed by atoms with Crippen molar-refractivity contribution in [2.75, 3.05) is 6.54 Å². The Kier molecular flexibility index (Phi) is 5.14. The van der Waals surface area contributed by atoms with Gasteiger partial charge in [0.05, 0.1) is 5.69 Å². The Morgan fingerprint density at radius 1 is 1.18 bits per heavy atom. The Morgan fingerprint density at radius 3 is 2.45 bits per heavy atom. The van der Waals surface area contributed by atoms with Crippen LogP contribution in [0.3, 0.4) is 0 Å². The van der Waals surface area contributed by atoms with Crippen molar-refractivity contribution >= 4 is 5.91 Å². The number of rotatable bonds is 5. The summed E-state index contributed by atoms with van der Waals surface area (Å²) >= 11 is 0. The van der Waals surface area contributed by atoms with Gasteiger partial charge in [0.15, 0.2) is 0 Å². The lowest BCUT2D eigenvalue weighted by atomic mass is 9.86. The second kappa shape index (κ2) is 6.88. The molecule has 1 heterocycles. The molecule has 1 aromatic heterocycles. The molecular weight excluding hydrogens is 274 g/mol. The molecule has 1 aromatic carbocycles. The zero-order chi connectivity index (χ0) is 16.2. The molecule has 22 heavy (non-hydrogen) atoms. The van der Waals surface area contributed by atoms with E-state index in [1.54, 1.807) is 17.1 Å². The quantitative estimate of drug-likeness (QED) is 0.923. The minimum atomic E-state index is 0.0654. The smallest absolute Gasteiger partial charge is 0.232 e. The molecule has 0 saturated heterocycles. The Morgan fingerprint density at radius 2 is 1.86 bits per heavy atom. The molecule has 0 bridgehead atoms. The summed E-state index contributed by atoms with van der Waals surface area (Å²) in [4.78, 5) is 16.3. The molecule has 118 valence electrons. The van der Waals surface area contributed by atoms with Crippen LogP contribution in [0.1, 0.15) is 48.8 Å². The summed E-state index contributed by atoms with van der Waals surface area (Å²) in [5, 5.41) is 0. The summed E-state index contributed by atoms with van der Waals surface area (Å²) in [6, 6.07) is 8.52. The molecule has 0 aliphatic heterocycles. The van der Waals surface area contributed by atoms with Gasteiger partial charge in [-0.3, -0.25) is 9.36 Å². The Bertz CT molecular complexity index is 621. The van der Waals surface area contributed by atoms with Crippen LogP contribution in [0.2, 0.25) is 0 Å². The number of aryl methyl sites for hydroxylation is 1. The molecule has 4 nitrogen and oxygen atoms in total. The van der Waals surface area contributed by atoms with Crippen LogP contribution in [-0.4, -0.2) is 22.0 Å². The average Bonchev–Trinajstić information content (AvgIpc) is 2.93. The minimum Gasteiger partial charge on any atom is -0.330 e. The van der Waals surface area contributed by atoms with Crippen LogP contribution in [0.4, 0.5) is 0 Å². The van der Waals surface area contributed by atoms with Crippen molar-refractivity contribution in [1.29, 1.82) is 0 Å². The predicted molar refractivity (Wildman–Crippen MR) is 89.1 cm³/mol. The van der Waals surface area contributed by atoms with Crippen molar-refractivity contribution in [1.82, 2.24) is 9.55 Å². The van der Waals surface area contributed by atoms with Gasteiger partial charge in [-0.15, -0.1) is 0 Å². The van der Waals surface area contributed by atoms with Gasteiger partial charge in [-0.25, -0.2) is 4.98 Å². The number of aromatic nitrogens is 2. The van der Waals surface area contributed by atoms with Gasteiger partial charge in [-0.05, 0) is 29.5 Å². The lowest BCUT2D eigenvalue weighted by Crippen LogP contribution is -2.11. The summed E-state index contributed by atoms with van der Waals surface area (Å²) in [5.74, 6) is 0.0654. The first kappa shape index (κ1) is 16.4. The molecule has 2 aromatic rings. The number of hydrogen-bond donors (Lipinski definition) is 1. The number of benzene rings is 1. The molecule has 4 heteroatoms. The van der Waals surface area contributed by atoms with Crippen molar-refractivity contribution in [3.8, 4) is 0 Å². The van der Waals surface area contributed by atoms with Gasteiger partial charge >= 0.3 is 0 Å². The van der Waals surface area contributed by atoms with E-state index in [0.29, 0.717) is 19.4 Å². The normalized spacial score (nSPS) is 11.6. The molecule has 0 saturated carbocycles. The lowest BCUT2D eigenvalue weighted by Gasteiger charge is -2.19. The third-order valence-electron chi connectivity index (χ3n) is 3.77. The Hall–Kier alpha value is -1.94. The zero-order valence-electron chi connectivity index (χ0n) is 13.7. The summed E-state index contributed by atoms with van der Waals surface area (Å²) in [7, 11) is 0. The maximum Gasteiger partial charge on any atom is 0.232 e. The van der Waals surface area contributed by atoms with Crippen LogP contribution < -0.4 is 5.73 Å². The van der Waals surface area contributed by atoms with E-state index in [4.69, 9.17) is 5.73 Å². The van der Waals surface area contributed by atoms with E-state index >= 15 is 0 Å². The molecule has 2 rings (SSSR count). The van der Waals surface area contributed by atoms with Gasteiger partial charge < -0.3 is 5.73 Å². The number of carbonyl (C=O) groups excluding carboxylic acids is 1. The van der Waals surface area contributed by atoms with Crippen molar-refractivity contribution in [3.63, 3.8) is 0 Å². The molecule has 0 radical (unpaired) electrons. The lowest BCUT2D eigenvalue weighted by molar-refractivity contribution is 0.0902. The highest BCUT2D eigenvalue weighted by atomic mass is 16.2. The molecule has 2 N–H and O–H groups in total. The van der Waals surface area contributed by atoms with E-state index in [-0.39, 0.29) is 11.3 Å². The van der Waals surface area contributed by atoms with Gasteiger partial charge in [0, 0.05) is 19.0 Å². The van der Waals surface area contributed by atoms with Crippen molar-refractivity contribution in [2.24, 2.45) is 5.73 Å². The maximum absolute atomic E-state index is 12.2. The largest absolute Gasteiger partial charge is 0.330 e. The first-order valence-electron chi connectivity index (χ1n) is 7.75. The molecule has 0 amide bonds. The van der Waals surface area contributed by atoms with Crippen molar-refractivity contribution in [2.45, 2.75) is 45.4 Å². The van der Waals surface area contributed by atoms with Gasteiger partial charge in [0.1, 0.15) is 6.33 Å². The number of nitrogens with two attached hydrogens (primary N) is 1. The molecule has 0 unspecified atom stereocenters. The highest BCUT2D eigenvalue weighted by molar-refractivity contribution is 5.79. The fraction of sp³-hybridized carbons (Fsp3) is 0.444. The van der Waals surface area contributed by atoms with Crippen LogP contribution in [0, 0.1) is 0 Å². The molecule has 0 aliphatic rings. The first-order valence-corrected chi connectivity index (χ1v) is 7.75. The van der Waals surface area contributed by atoms with Gasteiger partial charge in [-0.1, -0.05) is 45.0 Å². The summed E-state index contributed by atoms with van der Waals surface area (Å²) in [6.45, 7) is 7.14. The molecule has 0 fully saturated rings. The van der Waals surface area contributed by atoms with Crippen LogP contribution in [0.25, 0.3) is 0 Å². The fourth-order valence-corrected chi connectivity index (χ4v) is 2.33. The third-order valence-corrected chi connectivity index (χ3v) is 3.77. The Balaban J connectivity index is 1.93. The molecular formula is C18H25N3O. The highest BCUT2D eigenvalue weighted by Crippen LogP contribution is 2.22. The second-order valence-corrected chi connectivity index (χ2v) is 6.65. The van der Waals surface area contributed by atoms with Gasteiger partial charge in [0.25, 0.3) is 0 Å². The van der Waals surface area contributed by atoms with E-state index in [0.717, 1.165) is 12.1 Å². The van der Waals surface area contributed by atoms with Crippen LogP contribution in [0.15, 0.2) is 36.8 Å². The van der Waals surface area contributed by atoms with Crippen molar-refractivity contribution in [3.05, 3.63) is 53.6 Å². The highest BCUT2D eigenvalue weighted by Gasteiger charge is 2.13. The molecule has 0 atom stereocenters. The SMILES string of the molecule is CC(C)(C)c1ccc(CCC(=O)n2cnc(CCN)c2)cc1. The monoisotopic (exact) mass is 299 g/mol. The molecule has 0 aliphatic carbocycles. The zero-order valence-corrected chi connectivity index (χ0v) is 13.7. The summed E-state index contributed by atoms with van der Waals surface area (Å²) in [6.07, 6.45) is 5.28. The van der Waals surface area contributed by atoms with Crippen molar-refractivity contribution < 1.29 is 4.79 Å².